The third kappa shape index (κ3) is 8.83. The summed E-state index contributed by atoms with van der Waals surface area (Å²) in [4.78, 5) is 29.2. The van der Waals surface area contributed by atoms with Gasteiger partial charge in [0.1, 0.15) is 12.6 Å². The maximum absolute atomic E-state index is 14.1. The predicted octanol–water partition coefficient (Wildman–Crippen LogP) is 5.28. The highest BCUT2D eigenvalue weighted by atomic mass is 35.5. The van der Waals surface area contributed by atoms with Crippen molar-refractivity contribution in [1.82, 2.24) is 10.2 Å². The molecule has 3 rings (SSSR count). The molecule has 0 spiro atoms. The van der Waals surface area contributed by atoms with E-state index in [1.54, 1.807) is 24.3 Å². The van der Waals surface area contributed by atoms with Gasteiger partial charge in [0.2, 0.25) is 21.8 Å². The summed E-state index contributed by atoms with van der Waals surface area (Å²) in [6.45, 7) is 5.89. The molecule has 40 heavy (non-hydrogen) atoms. The van der Waals surface area contributed by atoms with Gasteiger partial charge in [-0.3, -0.25) is 13.9 Å². The third-order valence-corrected chi connectivity index (χ3v) is 8.00. The van der Waals surface area contributed by atoms with E-state index >= 15 is 0 Å². The monoisotopic (exact) mass is 583 g/mol. The zero-order valence-electron chi connectivity index (χ0n) is 23.6. The number of hydrogen-bond acceptors (Lipinski definition) is 4. The largest absolute Gasteiger partial charge is 0.354 e. The second kappa shape index (κ2) is 14.3. The Balaban J connectivity index is 2.05. The van der Waals surface area contributed by atoms with Crippen molar-refractivity contribution in [3.8, 4) is 0 Å². The fourth-order valence-corrected chi connectivity index (χ4v) is 5.69. The quantitative estimate of drug-likeness (QED) is 0.277. The van der Waals surface area contributed by atoms with Crippen molar-refractivity contribution in [3.63, 3.8) is 0 Å². The van der Waals surface area contributed by atoms with Crippen LogP contribution >= 0.6 is 11.6 Å². The number of nitrogens with one attached hydrogen (secondary N) is 1. The molecule has 7 nitrogen and oxygen atoms in total. The first kappa shape index (κ1) is 31.2. The Hall–Kier alpha value is -3.36. The number of hydrogen-bond donors (Lipinski definition) is 1. The Morgan fingerprint density at radius 1 is 0.950 bits per heavy atom. The number of unbranched alkanes of at least 4 members (excludes halogenated alkanes) is 1. The van der Waals surface area contributed by atoms with Crippen LogP contribution in [0.1, 0.15) is 42.0 Å². The van der Waals surface area contributed by atoms with Gasteiger partial charge in [-0.05, 0) is 55.2 Å². The number of carbonyl (C=O) groups is 2. The lowest BCUT2D eigenvalue weighted by molar-refractivity contribution is -0.140. The molecule has 1 atom stereocenters. The molecule has 0 aliphatic rings. The maximum Gasteiger partial charge on any atom is 0.244 e. The number of rotatable bonds is 13. The number of anilines is 1. The second-order valence-electron chi connectivity index (χ2n) is 10.1. The van der Waals surface area contributed by atoms with Crippen molar-refractivity contribution in [3.05, 3.63) is 100 Å². The number of sulfonamides is 1. The lowest BCUT2D eigenvalue weighted by Gasteiger charge is -2.34. The van der Waals surface area contributed by atoms with Gasteiger partial charge < -0.3 is 10.2 Å². The van der Waals surface area contributed by atoms with Crippen molar-refractivity contribution < 1.29 is 18.0 Å². The van der Waals surface area contributed by atoms with Crippen LogP contribution in [-0.4, -0.2) is 50.5 Å². The second-order valence-corrected chi connectivity index (χ2v) is 12.4. The van der Waals surface area contributed by atoms with E-state index in [-0.39, 0.29) is 18.9 Å². The van der Waals surface area contributed by atoms with Crippen LogP contribution in [-0.2, 0) is 32.6 Å². The van der Waals surface area contributed by atoms with Crippen LogP contribution in [0, 0.1) is 13.8 Å². The van der Waals surface area contributed by atoms with Crippen LogP contribution in [0.2, 0.25) is 5.02 Å². The molecule has 3 aromatic carbocycles. The predicted molar refractivity (Wildman–Crippen MR) is 162 cm³/mol. The van der Waals surface area contributed by atoms with Crippen molar-refractivity contribution in [2.75, 3.05) is 23.7 Å². The Bertz CT molecular complexity index is 1410. The Morgan fingerprint density at radius 2 is 1.65 bits per heavy atom. The van der Waals surface area contributed by atoms with Gasteiger partial charge in [0, 0.05) is 24.5 Å². The summed E-state index contributed by atoms with van der Waals surface area (Å²) >= 11 is 6.25. The molecule has 0 unspecified atom stereocenters. The number of nitrogens with zero attached hydrogens (tertiary/aromatic N) is 2. The SMILES string of the molecule is CCCCNC(=O)[C@H](Cc1ccccc1)N(Cc1cccc(Cl)c1)C(=O)CN(c1ccc(C)cc1C)S(C)(=O)=O. The fourth-order valence-electron chi connectivity index (χ4n) is 4.57. The molecule has 0 heterocycles. The van der Waals surface area contributed by atoms with Gasteiger partial charge in [0.25, 0.3) is 0 Å². The molecular formula is C31H38ClN3O4S. The van der Waals surface area contributed by atoms with Crippen LogP contribution in [0.25, 0.3) is 0 Å². The topological polar surface area (TPSA) is 86.8 Å². The zero-order chi connectivity index (χ0) is 29.3. The molecule has 214 valence electrons. The molecule has 0 bridgehead atoms. The molecule has 0 fully saturated rings. The van der Waals surface area contributed by atoms with Crippen LogP contribution in [0.5, 0.6) is 0 Å². The molecule has 0 saturated heterocycles. The molecule has 3 aromatic rings. The average molecular weight is 584 g/mol. The number of aryl methyl sites for hydroxylation is 2. The summed E-state index contributed by atoms with van der Waals surface area (Å²) in [5.41, 5.74) is 3.76. The zero-order valence-corrected chi connectivity index (χ0v) is 25.1. The van der Waals surface area contributed by atoms with Crippen molar-refractivity contribution in [2.45, 2.75) is 52.6 Å². The lowest BCUT2D eigenvalue weighted by Crippen LogP contribution is -2.53. The fraction of sp³-hybridized carbons (Fsp3) is 0.355. The average Bonchev–Trinajstić information content (AvgIpc) is 2.89. The minimum absolute atomic E-state index is 0.0859. The van der Waals surface area contributed by atoms with E-state index in [4.69, 9.17) is 11.6 Å². The Morgan fingerprint density at radius 3 is 2.27 bits per heavy atom. The first-order chi connectivity index (χ1) is 19.0. The minimum Gasteiger partial charge on any atom is -0.354 e. The van der Waals surface area contributed by atoms with E-state index in [2.05, 4.69) is 5.32 Å². The summed E-state index contributed by atoms with van der Waals surface area (Å²) in [5.74, 6) is -0.776. The summed E-state index contributed by atoms with van der Waals surface area (Å²) in [6, 6.07) is 21.1. The van der Waals surface area contributed by atoms with Crippen molar-refractivity contribution in [2.24, 2.45) is 0 Å². The summed E-state index contributed by atoms with van der Waals surface area (Å²) in [7, 11) is -3.82. The van der Waals surface area contributed by atoms with E-state index in [0.717, 1.165) is 45.7 Å². The van der Waals surface area contributed by atoms with E-state index < -0.39 is 28.5 Å². The van der Waals surface area contributed by atoms with Gasteiger partial charge in [-0.15, -0.1) is 0 Å². The first-order valence-electron chi connectivity index (χ1n) is 13.4. The van der Waals surface area contributed by atoms with Crippen molar-refractivity contribution in [1.29, 1.82) is 0 Å². The third-order valence-electron chi connectivity index (χ3n) is 6.64. The van der Waals surface area contributed by atoms with Crippen LogP contribution < -0.4 is 9.62 Å². The Kier molecular flexibility index (Phi) is 11.2. The van der Waals surface area contributed by atoms with Gasteiger partial charge in [-0.25, -0.2) is 8.42 Å². The normalized spacial score (nSPS) is 12.0. The van der Waals surface area contributed by atoms with E-state index in [9.17, 15) is 18.0 Å². The molecule has 0 aromatic heterocycles. The summed E-state index contributed by atoms with van der Waals surface area (Å²) < 4.78 is 27.0. The van der Waals surface area contributed by atoms with E-state index in [0.29, 0.717) is 17.3 Å². The molecule has 1 N–H and O–H groups in total. The number of benzene rings is 3. The number of amides is 2. The first-order valence-corrected chi connectivity index (χ1v) is 15.6. The van der Waals surface area contributed by atoms with Crippen LogP contribution in [0.3, 0.4) is 0 Å². The van der Waals surface area contributed by atoms with Gasteiger partial charge in [0.15, 0.2) is 0 Å². The highest BCUT2D eigenvalue weighted by Crippen LogP contribution is 2.25. The molecule has 0 radical (unpaired) electrons. The lowest BCUT2D eigenvalue weighted by atomic mass is 10.0. The van der Waals surface area contributed by atoms with Gasteiger partial charge in [0.05, 0.1) is 11.9 Å². The molecule has 0 saturated carbocycles. The number of carbonyl (C=O) groups excluding carboxylic acids is 2. The standard InChI is InChI=1S/C31H38ClN3O4S/c1-5-6-17-33-31(37)29(20-25-11-8-7-9-12-25)34(21-26-13-10-14-27(32)19-26)30(36)22-35(40(4,38)39)28-16-15-23(2)18-24(28)3/h7-16,18-19,29H,5-6,17,20-22H2,1-4H3,(H,33,37)/t29-/m0/s1. The highest BCUT2D eigenvalue weighted by molar-refractivity contribution is 7.92. The van der Waals surface area contributed by atoms with Crippen LogP contribution in [0.15, 0.2) is 72.8 Å². The van der Waals surface area contributed by atoms with Gasteiger partial charge >= 0.3 is 0 Å². The smallest absolute Gasteiger partial charge is 0.244 e. The van der Waals surface area contributed by atoms with Crippen molar-refractivity contribution >= 4 is 39.1 Å². The minimum atomic E-state index is -3.82. The highest BCUT2D eigenvalue weighted by Gasteiger charge is 2.33. The molecule has 9 heteroatoms. The van der Waals surface area contributed by atoms with Crippen LogP contribution in [0.4, 0.5) is 5.69 Å². The Labute approximate surface area is 243 Å². The maximum atomic E-state index is 14.1. The molecule has 0 aliphatic carbocycles. The van der Waals surface area contributed by atoms with E-state index in [1.807, 2.05) is 69.3 Å². The van der Waals surface area contributed by atoms with E-state index in [1.165, 1.54) is 4.90 Å². The van der Waals surface area contributed by atoms with Gasteiger partial charge in [-0.1, -0.05) is 85.1 Å². The van der Waals surface area contributed by atoms with Gasteiger partial charge in [-0.2, -0.15) is 0 Å². The molecule has 0 aliphatic heterocycles. The number of halogens is 1. The summed E-state index contributed by atoms with van der Waals surface area (Å²) in [6.07, 6.45) is 3.07. The summed E-state index contributed by atoms with van der Waals surface area (Å²) in [5, 5.41) is 3.48. The molecular weight excluding hydrogens is 546 g/mol. The molecule has 2 amide bonds.